The molecule has 0 spiro atoms. The van der Waals surface area contributed by atoms with Crippen molar-refractivity contribution in [2.24, 2.45) is 10.7 Å². The number of likely N-dealkylation sites (tertiary alicyclic amines) is 1. The number of piperidine rings is 1. The van der Waals surface area contributed by atoms with Crippen LogP contribution in [0.25, 0.3) is 0 Å². The Morgan fingerprint density at radius 1 is 1.00 bits per heavy atom. The van der Waals surface area contributed by atoms with Gasteiger partial charge in [0.1, 0.15) is 12.4 Å². The quantitative estimate of drug-likeness (QED) is 0.465. The summed E-state index contributed by atoms with van der Waals surface area (Å²) in [6, 6.07) is 0. The highest BCUT2D eigenvalue weighted by atomic mass is 127. The Morgan fingerprint density at radius 3 is 2.52 bits per heavy atom. The molecule has 7 heteroatoms. The first kappa shape index (κ1) is 16.5. The third-order valence-electron chi connectivity index (χ3n) is 4.25. The molecule has 0 amide bonds. The summed E-state index contributed by atoms with van der Waals surface area (Å²) in [5.74, 6) is 2.74. The SMILES string of the molecule is I.NC(=NCc1nnc2n1CCCCC2)N1CCCCC1. The minimum Gasteiger partial charge on any atom is -0.370 e. The normalized spacial score (nSPS) is 19.6. The van der Waals surface area contributed by atoms with Crippen LogP contribution in [-0.4, -0.2) is 38.7 Å². The first-order chi connectivity index (χ1) is 9.84. The Bertz CT molecular complexity index is 478. The average Bonchev–Trinajstić information content (AvgIpc) is 2.72. The molecule has 0 unspecified atom stereocenters. The lowest BCUT2D eigenvalue weighted by Gasteiger charge is -2.27. The fourth-order valence-electron chi connectivity index (χ4n) is 3.04. The summed E-state index contributed by atoms with van der Waals surface area (Å²) in [4.78, 5) is 6.71. The number of fused-ring (bicyclic) bond motifs is 1. The zero-order valence-corrected chi connectivity index (χ0v) is 14.8. The van der Waals surface area contributed by atoms with Crippen molar-refractivity contribution in [1.82, 2.24) is 19.7 Å². The van der Waals surface area contributed by atoms with Crippen molar-refractivity contribution in [3.8, 4) is 0 Å². The molecular formula is C14H25IN6. The van der Waals surface area contributed by atoms with Crippen molar-refractivity contribution in [2.45, 2.75) is 58.0 Å². The Labute approximate surface area is 143 Å². The van der Waals surface area contributed by atoms with Gasteiger partial charge in [-0.2, -0.15) is 0 Å². The largest absolute Gasteiger partial charge is 0.370 e. The van der Waals surface area contributed by atoms with Crippen LogP contribution in [0, 0.1) is 0 Å². The van der Waals surface area contributed by atoms with E-state index in [9.17, 15) is 0 Å². The van der Waals surface area contributed by atoms with Gasteiger partial charge < -0.3 is 15.2 Å². The Kier molecular flexibility index (Phi) is 6.25. The van der Waals surface area contributed by atoms with Crippen LogP contribution in [0.3, 0.4) is 0 Å². The minimum absolute atomic E-state index is 0. The van der Waals surface area contributed by atoms with E-state index in [4.69, 9.17) is 5.73 Å². The molecule has 2 N–H and O–H groups in total. The second-order valence-corrected chi connectivity index (χ2v) is 5.72. The number of guanidine groups is 1. The molecule has 0 atom stereocenters. The summed E-state index contributed by atoms with van der Waals surface area (Å²) in [6.45, 7) is 3.65. The van der Waals surface area contributed by atoms with E-state index in [-0.39, 0.29) is 24.0 Å². The number of nitrogens with zero attached hydrogens (tertiary/aromatic N) is 5. The van der Waals surface area contributed by atoms with Gasteiger partial charge in [-0.1, -0.05) is 6.42 Å². The number of hydrogen-bond acceptors (Lipinski definition) is 3. The summed E-state index contributed by atoms with van der Waals surface area (Å²) < 4.78 is 2.24. The van der Waals surface area contributed by atoms with Crippen molar-refractivity contribution < 1.29 is 0 Å². The van der Waals surface area contributed by atoms with Crippen LogP contribution in [0.2, 0.25) is 0 Å². The van der Waals surface area contributed by atoms with Crippen LogP contribution < -0.4 is 5.73 Å². The van der Waals surface area contributed by atoms with E-state index in [1.165, 1.54) is 38.5 Å². The molecular weight excluding hydrogens is 379 g/mol. The molecule has 0 bridgehead atoms. The van der Waals surface area contributed by atoms with Crippen molar-refractivity contribution >= 4 is 29.9 Å². The minimum atomic E-state index is 0. The second kappa shape index (κ2) is 7.95. The predicted molar refractivity (Wildman–Crippen MR) is 93.7 cm³/mol. The van der Waals surface area contributed by atoms with Crippen LogP contribution in [0.5, 0.6) is 0 Å². The van der Waals surface area contributed by atoms with E-state index in [0.29, 0.717) is 12.5 Å². The van der Waals surface area contributed by atoms with Gasteiger partial charge in [-0.05, 0) is 32.1 Å². The first-order valence-corrected chi connectivity index (χ1v) is 7.80. The molecule has 2 aliphatic heterocycles. The number of hydrogen-bond donors (Lipinski definition) is 1. The molecule has 1 aromatic rings. The highest BCUT2D eigenvalue weighted by Crippen LogP contribution is 2.15. The van der Waals surface area contributed by atoms with Gasteiger partial charge in [-0.3, -0.25) is 0 Å². The standard InChI is InChI=1S/C14H24N6.HI/c15-14(19-8-4-2-5-9-19)16-11-13-18-17-12-7-3-1-6-10-20(12)13;/h1-11H2,(H2,15,16);1H. The van der Waals surface area contributed by atoms with Crippen molar-refractivity contribution in [3.05, 3.63) is 11.6 Å². The highest BCUT2D eigenvalue weighted by Gasteiger charge is 2.15. The third kappa shape index (κ3) is 4.08. The topological polar surface area (TPSA) is 72.3 Å². The zero-order valence-electron chi connectivity index (χ0n) is 12.5. The Balaban J connectivity index is 0.00000161. The zero-order chi connectivity index (χ0) is 13.8. The summed E-state index contributed by atoms with van der Waals surface area (Å²) in [6.07, 6.45) is 8.50. The van der Waals surface area contributed by atoms with Gasteiger partial charge in [-0.25, -0.2) is 4.99 Å². The van der Waals surface area contributed by atoms with E-state index in [1.54, 1.807) is 0 Å². The maximum absolute atomic E-state index is 6.09. The van der Waals surface area contributed by atoms with Crippen molar-refractivity contribution in [1.29, 1.82) is 0 Å². The first-order valence-electron chi connectivity index (χ1n) is 7.80. The summed E-state index contributed by atoms with van der Waals surface area (Å²) >= 11 is 0. The van der Waals surface area contributed by atoms with Crippen LogP contribution in [-0.2, 0) is 19.5 Å². The van der Waals surface area contributed by atoms with Gasteiger partial charge in [0.05, 0.1) is 0 Å². The number of aryl methyl sites for hydroxylation is 1. The van der Waals surface area contributed by atoms with E-state index < -0.39 is 0 Å². The van der Waals surface area contributed by atoms with Crippen LogP contribution >= 0.6 is 24.0 Å². The van der Waals surface area contributed by atoms with Crippen LogP contribution in [0.15, 0.2) is 4.99 Å². The molecule has 118 valence electrons. The molecule has 1 saturated heterocycles. The molecule has 1 aromatic heterocycles. The number of halogens is 1. The third-order valence-corrected chi connectivity index (χ3v) is 4.25. The number of aromatic nitrogens is 3. The molecule has 0 aromatic carbocycles. The van der Waals surface area contributed by atoms with E-state index in [2.05, 4.69) is 24.7 Å². The Morgan fingerprint density at radius 2 is 1.71 bits per heavy atom. The number of rotatable bonds is 2. The average molecular weight is 404 g/mol. The van der Waals surface area contributed by atoms with E-state index in [1.807, 2.05) is 0 Å². The number of nitrogens with two attached hydrogens (primary N) is 1. The molecule has 0 saturated carbocycles. The molecule has 1 fully saturated rings. The molecule has 6 nitrogen and oxygen atoms in total. The van der Waals surface area contributed by atoms with Crippen molar-refractivity contribution in [3.63, 3.8) is 0 Å². The molecule has 0 aliphatic carbocycles. The van der Waals surface area contributed by atoms with E-state index >= 15 is 0 Å². The van der Waals surface area contributed by atoms with Crippen LogP contribution in [0.4, 0.5) is 0 Å². The van der Waals surface area contributed by atoms with Gasteiger partial charge >= 0.3 is 0 Å². The van der Waals surface area contributed by atoms with Gasteiger partial charge in [0, 0.05) is 26.1 Å². The molecule has 21 heavy (non-hydrogen) atoms. The monoisotopic (exact) mass is 404 g/mol. The van der Waals surface area contributed by atoms with Gasteiger partial charge in [0.15, 0.2) is 11.8 Å². The summed E-state index contributed by atoms with van der Waals surface area (Å²) in [7, 11) is 0. The molecule has 0 radical (unpaired) electrons. The smallest absolute Gasteiger partial charge is 0.191 e. The second-order valence-electron chi connectivity index (χ2n) is 5.72. The Hall–Kier alpha value is -0.860. The maximum atomic E-state index is 6.09. The van der Waals surface area contributed by atoms with E-state index in [0.717, 1.165) is 37.7 Å². The molecule has 2 aliphatic rings. The van der Waals surface area contributed by atoms with Gasteiger partial charge in [0.25, 0.3) is 0 Å². The number of aliphatic imine (C=N–C) groups is 1. The summed E-state index contributed by atoms with van der Waals surface area (Å²) in [5.41, 5.74) is 6.09. The van der Waals surface area contributed by atoms with Gasteiger partial charge in [-0.15, -0.1) is 34.2 Å². The lowest BCUT2D eigenvalue weighted by Crippen LogP contribution is -2.40. The van der Waals surface area contributed by atoms with Gasteiger partial charge in [0.2, 0.25) is 0 Å². The fourth-order valence-corrected chi connectivity index (χ4v) is 3.04. The highest BCUT2D eigenvalue weighted by molar-refractivity contribution is 14.0. The molecule has 3 rings (SSSR count). The fraction of sp³-hybridized carbons (Fsp3) is 0.786. The summed E-state index contributed by atoms with van der Waals surface area (Å²) in [5, 5.41) is 8.58. The lowest BCUT2D eigenvalue weighted by molar-refractivity contribution is 0.338. The van der Waals surface area contributed by atoms with Crippen molar-refractivity contribution in [2.75, 3.05) is 13.1 Å². The maximum Gasteiger partial charge on any atom is 0.191 e. The van der Waals surface area contributed by atoms with Crippen LogP contribution in [0.1, 0.15) is 50.2 Å². The predicted octanol–water partition coefficient (Wildman–Crippen LogP) is 1.92. The molecule has 3 heterocycles. The lowest BCUT2D eigenvalue weighted by atomic mass is 10.1.